The number of benzene rings is 4. The molecule has 0 amide bonds. The molecule has 4 aromatic rings. The summed E-state index contributed by atoms with van der Waals surface area (Å²) in [5, 5.41) is 4.87. The van der Waals surface area contributed by atoms with Crippen molar-refractivity contribution >= 4 is 34.1 Å². The summed E-state index contributed by atoms with van der Waals surface area (Å²) in [4.78, 5) is 21.8. The van der Waals surface area contributed by atoms with Gasteiger partial charge in [-0.05, 0) is 70.5 Å². The first-order valence-electron chi connectivity index (χ1n) is 15.6. The Bertz CT molecular complexity index is 1320. The maximum Gasteiger partial charge on any atom is 0.150 e. The Morgan fingerprint density at radius 1 is 0.500 bits per heavy atom. The third-order valence-corrected chi connectivity index (χ3v) is 7.82. The number of aldehydes is 2. The molecule has 0 spiro atoms. The van der Waals surface area contributed by atoms with Crippen LogP contribution in [0.15, 0.2) is 72.8 Å². The van der Waals surface area contributed by atoms with E-state index in [0.717, 1.165) is 36.5 Å². The molecule has 212 valence electrons. The van der Waals surface area contributed by atoms with Crippen LogP contribution in [0.5, 0.6) is 0 Å². The molecule has 0 aliphatic carbocycles. The van der Waals surface area contributed by atoms with Gasteiger partial charge in [-0.3, -0.25) is 9.59 Å². The quantitative estimate of drug-likeness (QED) is 0.105. The summed E-state index contributed by atoms with van der Waals surface area (Å²) in [5.41, 5.74) is 4.29. The van der Waals surface area contributed by atoms with E-state index in [1.165, 1.54) is 110 Å². The van der Waals surface area contributed by atoms with Crippen LogP contribution in [0.25, 0.3) is 21.5 Å². The maximum atomic E-state index is 10.9. The SMILES string of the molecule is CCCCCCCCc1ccc2ccc(C=O)cc2c1.CCCCCCCCc1cccc2ccc(C=O)cc12. The number of fused-ring (bicyclic) bond motifs is 2. The molecule has 0 aliphatic rings. The highest BCUT2D eigenvalue weighted by Crippen LogP contribution is 2.22. The summed E-state index contributed by atoms with van der Waals surface area (Å²) in [6.07, 6.45) is 20.0. The van der Waals surface area contributed by atoms with E-state index in [4.69, 9.17) is 0 Å². The average molecular weight is 537 g/mol. The van der Waals surface area contributed by atoms with Crippen molar-refractivity contribution in [3.05, 3.63) is 95.1 Å². The van der Waals surface area contributed by atoms with E-state index in [-0.39, 0.29) is 0 Å². The third-order valence-electron chi connectivity index (χ3n) is 7.82. The minimum Gasteiger partial charge on any atom is -0.298 e. The number of unbranched alkanes of at least 4 members (excludes halogenated alkanes) is 10. The topological polar surface area (TPSA) is 34.1 Å². The number of carbonyl (C=O) groups excluding carboxylic acids is 2. The van der Waals surface area contributed by atoms with E-state index in [0.29, 0.717) is 0 Å². The van der Waals surface area contributed by atoms with Gasteiger partial charge in [0.15, 0.2) is 0 Å². The first-order valence-corrected chi connectivity index (χ1v) is 15.6. The Kier molecular flexibility index (Phi) is 14.2. The molecule has 0 saturated heterocycles. The number of rotatable bonds is 16. The van der Waals surface area contributed by atoms with Crippen LogP contribution in [0.2, 0.25) is 0 Å². The first kappa shape index (κ1) is 31.3. The van der Waals surface area contributed by atoms with Crippen molar-refractivity contribution in [3.8, 4) is 0 Å². The van der Waals surface area contributed by atoms with Crippen LogP contribution in [0.1, 0.15) is 123 Å². The zero-order valence-corrected chi connectivity index (χ0v) is 24.8. The highest BCUT2D eigenvalue weighted by Gasteiger charge is 2.03. The molecule has 0 heterocycles. The second-order valence-electron chi connectivity index (χ2n) is 11.1. The average Bonchev–Trinajstić information content (AvgIpc) is 3.00. The molecule has 4 rings (SSSR count). The van der Waals surface area contributed by atoms with Crippen molar-refractivity contribution in [3.63, 3.8) is 0 Å². The summed E-state index contributed by atoms with van der Waals surface area (Å²) in [6, 6.07) is 24.9. The van der Waals surface area contributed by atoms with Gasteiger partial charge in [0.2, 0.25) is 0 Å². The predicted molar refractivity (Wildman–Crippen MR) is 173 cm³/mol. The van der Waals surface area contributed by atoms with Crippen molar-refractivity contribution in [2.45, 2.75) is 104 Å². The lowest BCUT2D eigenvalue weighted by molar-refractivity contribution is 0.111. The van der Waals surface area contributed by atoms with Gasteiger partial charge < -0.3 is 0 Å². The molecule has 0 bridgehead atoms. The number of aryl methyl sites for hydroxylation is 2. The summed E-state index contributed by atoms with van der Waals surface area (Å²) in [6.45, 7) is 4.50. The lowest BCUT2D eigenvalue weighted by Gasteiger charge is -2.07. The molecule has 0 saturated carbocycles. The Balaban J connectivity index is 0.000000220. The van der Waals surface area contributed by atoms with Crippen molar-refractivity contribution in [2.24, 2.45) is 0 Å². The summed E-state index contributed by atoms with van der Waals surface area (Å²) >= 11 is 0. The van der Waals surface area contributed by atoms with E-state index in [9.17, 15) is 9.59 Å². The molecule has 2 nitrogen and oxygen atoms in total. The maximum absolute atomic E-state index is 10.9. The largest absolute Gasteiger partial charge is 0.298 e. The minimum atomic E-state index is 0.759. The lowest BCUT2D eigenvalue weighted by atomic mass is 9.98. The number of hydrogen-bond donors (Lipinski definition) is 0. The fourth-order valence-corrected chi connectivity index (χ4v) is 5.40. The fraction of sp³-hybridized carbons (Fsp3) is 0.421. The molecule has 40 heavy (non-hydrogen) atoms. The monoisotopic (exact) mass is 536 g/mol. The van der Waals surface area contributed by atoms with Gasteiger partial charge in [-0.15, -0.1) is 0 Å². The van der Waals surface area contributed by atoms with Crippen LogP contribution in [0.3, 0.4) is 0 Å². The Labute approximate surface area is 242 Å². The van der Waals surface area contributed by atoms with E-state index < -0.39 is 0 Å². The van der Waals surface area contributed by atoms with Crippen LogP contribution in [0, 0.1) is 0 Å². The Hall–Kier alpha value is -3.26. The highest BCUT2D eigenvalue weighted by molar-refractivity contribution is 5.91. The third kappa shape index (κ3) is 10.4. The van der Waals surface area contributed by atoms with Crippen molar-refractivity contribution in [1.82, 2.24) is 0 Å². The smallest absolute Gasteiger partial charge is 0.150 e. The van der Waals surface area contributed by atoms with Gasteiger partial charge in [0, 0.05) is 11.1 Å². The number of carbonyl (C=O) groups is 2. The Morgan fingerprint density at radius 3 is 1.75 bits per heavy atom. The van der Waals surface area contributed by atoms with E-state index in [1.807, 2.05) is 36.4 Å². The molecule has 0 atom stereocenters. The summed E-state index contributed by atoms with van der Waals surface area (Å²) < 4.78 is 0. The summed E-state index contributed by atoms with van der Waals surface area (Å²) in [5.74, 6) is 0. The lowest BCUT2D eigenvalue weighted by Crippen LogP contribution is -1.90. The highest BCUT2D eigenvalue weighted by atomic mass is 16.1. The fourth-order valence-electron chi connectivity index (χ4n) is 5.40. The molecular weight excluding hydrogens is 488 g/mol. The van der Waals surface area contributed by atoms with Gasteiger partial charge in [-0.2, -0.15) is 0 Å². The van der Waals surface area contributed by atoms with E-state index in [1.54, 1.807) is 0 Å². The molecule has 0 unspecified atom stereocenters. The molecule has 0 aromatic heterocycles. The zero-order valence-electron chi connectivity index (χ0n) is 24.8. The van der Waals surface area contributed by atoms with Gasteiger partial charge in [0.05, 0.1) is 0 Å². The Morgan fingerprint density at radius 2 is 1.07 bits per heavy atom. The number of hydrogen-bond acceptors (Lipinski definition) is 2. The standard InChI is InChI=1S/2C19H24O/c1-2-3-4-5-6-7-9-17-10-8-11-18-13-12-16(15-20)14-19(17)18;1-2-3-4-5-6-7-8-16-9-11-18-12-10-17(15-20)14-19(18)13-16/h8,10-15H,2-7,9H2,1H3;9-15H,2-8H2,1H3. The van der Waals surface area contributed by atoms with Crippen molar-refractivity contribution in [2.75, 3.05) is 0 Å². The van der Waals surface area contributed by atoms with Gasteiger partial charge >= 0.3 is 0 Å². The molecule has 0 radical (unpaired) electrons. The van der Waals surface area contributed by atoms with E-state index in [2.05, 4.69) is 50.2 Å². The predicted octanol–water partition coefficient (Wildman–Crippen LogP) is 11.1. The molecule has 0 N–H and O–H groups in total. The molecule has 4 aromatic carbocycles. The molecule has 0 fully saturated rings. The van der Waals surface area contributed by atoms with Gasteiger partial charge in [-0.1, -0.05) is 139 Å². The minimum absolute atomic E-state index is 0.759. The van der Waals surface area contributed by atoms with Crippen LogP contribution in [-0.2, 0) is 12.8 Å². The van der Waals surface area contributed by atoms with Crippen LogP contribution in [0.4, 0.5) is 0 Å². The van der Waals surface area contributed by atoms with Crippen molar-refractivity contribution in [1.29, 1.82) is 0 Å². The zero-order chi connectivity index (χ0) is 28.4. The van der Waals surface area contributed by atoms with Gasteiger partial charge in [0.25, 0.3) is 0 Å². The molecular formula is C38H48O2. The summed E-state index contributed by atoms with van der Waals surface area (Å²) in [7, 11) is 0. The van der Waals surface area contributed by atoms with E-state index >= 15 is 0 Å². The first-order chi connectivity index (χ1) is 19.7. The molecule has 2 heteroatoms. The van der Waals surface area contributed by atoms with Crippen LogP contribution in [-0.4, -0.2) is 12.6 Å². The van der Waals surface area contributed by atoms with Crippen LogP contribution >= 0.6 is 0 Å². The van der Waals surface area contributed by atoms with Gasteiger partial charge in [-0.25, -0.2) is 0 Å². The molecule has 0 aliphatic heterocycles. The normalized spacial score (nSPS) is 10.8. The second kappa shape index (κ2) is 18.2. The van der Waals surface area contributed by atoms with Gasteiger partial charge in [0.1, 0.15) is 12.6 Å². The van der Waals surface area contributed by atoms with Crippen LogP contribution < -0.4 is 0 Å². The second-order valence-corrected chi connectivity index (χ2v) is 11.1. The van der Waals surface area contributed by atoms with Crippen molar-refractivity contribution < 1.29 is 9.59 Å².